The van der Waals surface area contributed by atoms with Gasteiger partial charge in [0, 0.05) is 19.2 Å². The van der Waals surface area contributed by atoms with Gasteiger partial charge in [-0.25, -0.2) is 0 Å². The molecular formula is C10H17NO. The molecule has 0 aromatic carbocycles. The van der Waals surface area contributed by atoms with Crippen LogP contribution in [0.2, 0.25) is 0 Å². The molecule has 1 amide bonds. The number of hydrogen-bond donors (Lipinski definition) is 0. The highest BCUT2D eigenvalue weighted by Crippen LogP contribution is 2.26. The molecule has 0 fully saturated rings. The number of nitrogens with zero attached hydrogens (tertiary/aromatic N) is 1. The molecule has 1 aliphatic rings. The number of allylic oxidation sites excluding steroid dienone is 1. The Morgan fingerprint density at radius 1 is 1.58 bits per heavy atom. The molecule has 0 aromatic rings. The van der Waals surface area contributed by atoms with Gasteiger partial charge in [-0.05, 0) is 11.8 Å². The van der Waals surface area contributed by atoms with Crippen LogP contribution in [0.3, 0.4) is 0 Å². The molecule has 0 aromatic heterocycles. The molecule has 1 aliphatic heterocycles. The Bertz CT molecular complexity index is 206. The fourth-order valence-corrected chi connectivity index (χ4v) is 1.27. The maximum absolute atomic E-state index is 11.3. The predicted octanol–water partition coefficient (Wildman–Crippen LogP) is 2.17. The first-order valence-corrected chi connectivity index (χ1v) is 4.54. The summed E-state index contributed by atoms with van der Waals surface area (Å²) in [5.74, 6) is 0.224. The summed E-state index contributed by atoms with van der Waals surface area (Å²) in [7, 11) is 0. The van der Waals surface area contributed by atoms with Crippen molar-refractivity contribution in [2.75, 3.05) is 6.54 Å². The highest BCUT2D eigenvalue weighted by atomic mass is 16.2. The van der Waals surface area contributed by atoms with Crippen LogP contribution in [0.5, 0.6) is 0 Å². The van der Waals surface area contributed by atoms with Gasteiger partial charge in [-0.15, -0.1) is 0 Å². The standard InChI is InChI=1S/C10H17NO/c1-4-9(12)11-7-5-10(2,3)6-8-11/h5,7H,4,6,8H2,1-3H3. The fourth-order valence-electron chi connectivity index (χ4n) is 1.27. The lowest BCUT2D eigenvalue weighted by Crippen LogP contribution is -2.32. The fraction of sp³-hybridized carbons (Fsp3) is 0.700. The van der Waals surface area contributed by atoms with E-state index in [0.29, 0.717) is 6.42 Å². The Morgan fingerprint density at radius 2 is 2.25 bits per heavy atom. The van der Waals surface area contributed by atoms with Gasteiger partial charge in [-0.1, -0.05) is 26.8 Å². The van der Waals surface area contributed by atoms with Crippen molar-refractivity contribution < 1.29 is 4.79 Å². The molecule has 0 radical (unpaired) electrons. The number of carbonyl (C=O) groups excluding carboxylic acids is 1. The first kappa shape index (κ1) is 9.30. The predicted molar refractivity (Wildman–Crippen MR) is 49.5 cm³/mol. The molecule has 12 heavy (non-hydrogen) atoms. The van der Waals surface area contributed by atoms with Crippen LogP contribution in [0.1, 0.15) is 33.6 Å². The molecule has 0 aliphatic carbocycles. The van der Waals surface area contributed by atoms with E-state index in [9.17, 15) is 4.79 Å². The van der Waals surface area contributed by atoms with E-state index in [0.717, 1.165) is 13.0 Å². The van der Waals surface area contributed by atoms with Crippen LogP contribution in [0.25, 0.3) is 0 Å². The highest BCUT2D eigenvalue weighted by molar-refractivity contribution is 5.77. The van der Waals surface area contributed by atoms with E-state index in [1.807, 2.05) is 18.0 Å². The molecule has 1 rings (SSSR count). The lowest BCUT2D eigenvalue weighted by molar-refractivity contribution is -0.128. The molecule has 0 atom stereocenters. The maximum Gasteiger partial charge on any atom is 0.226 e. The Labute approximate surface area is 74.2 Å². The van der Waals surface area contributed by atoms with Crippen molar-refractivity contribution in [3.63, 3.8) is 0 Å². The molecule has 1 heterocycles. The quantitative estimate of drug-likeness (QED) is 0.586. The van der Waals surface area contributed by atoms with Crippen molar-refractivity contribution in [3.05, 3.63) is 12.3 Å². The van der Waals surface area contributed by atoms with Crippen LogP contribution in [-0.4, -0.2) is 17.4 Å². The van der Waals surface area contributed by atoms with E-state index >= 15 is 0 Å². The summed E-state index contributed by atoms with van der Waals surface area (Å²) < 4.78 is 0. The zero-order valence-corrected chi connectivity index (χ0v) is 8.13. The molecular weight excluding hydrogens is 150 g/mol. The number of rotatable bonds is 1. The maximum atomic E-state index is 11.3. The monoisotopic (exact) mass is 167 g/mol. The lowest BCUT2D eigenvalue weighted by Gasteiger charge is -2.30. The summed E-state index contributed by atoms with van der Waals surface area (Å²) in [5, 5.41) is 0. The molecule has 0 N–H and O–H groups in total. The molecule has 0 saturated heterocycles. The zero-order chi connectivity index (χ0) is 9.19. The molecule has 0 saturated carbocycles. The molecule has 2 heteroatoms. The summed E-state index contributed by atoms with van der Waals surface area (Å²) in [6, 6.07) is 0. The van der Waals surface area contributed by atoms with Gasteiger partial charge in [-0.3, -0.25) is 4.79 Å². The number of carbonyl (C=O) groups is 1. The third-order valence-corrected chi connectivity index (χ3v) is 2.33. The average molecular weight is 167 g/mol. The van der Waals surface area contributed by atoms with E-state index in [1.54, 1.807) is 0 Å². The summed E-state index contributed by atoms with van der Waals surface area (Å²) in [4.78, 5) is 13.1. The Hall–Kier alpha value is -0.790. The van der Waals surface area contributed by atoms with E-state index in [4.69, 9.17) is 0 Å². The largest absolute Gasteiger partial charge is 0.319 e. The van der Waals surface area contributed by atoms with Gasteiger partial charge in [0.2, 0.25) is 5.91 Å². The molecule has 68 valence electrons. The third-order valence-electron chi connectivity index (χ3n) is 2.33. The van der Waals surface area contributed by atoms with Crippen LogP contribution < -0.4 is 0 Å². The second-order valence-electron chi connectivity index (χ2n) is 4.00. The van der Waals surface area contributed by atoms with E-state index < -0.39 is 0 Å². The molecule has 0 bridgehead atoms. The van der Waals surface area contributed by atoms with E-state index in [1.165, 1.54) is 0 Å². The first-order chi connectivity index (χ1) is 5.55. The Kier molecular flexibility index (Phi) is 2.55. The van der Waals surface area contributed by atoms with Gasteiger partial charge < -0.3 is 4.90 Å². The zero-order valence-electron chi connectivity index (χ0n) is 8.13. The van der Waals surface area contributed by atoms with Crippen molar-refractivity contribution >= 4 is 5.91 Å². The van der Waals surface area contributed by atoms with Crippen LogP contribution in [-0.2, 0) is 4.79 Å². The minimum atomic E-state index is 0.224. The SMILES string of the molecule is CCC(=O)N1C=CC(C)(C)CC1. The molecule has 0 unspecified atom stereocenters. The minimum Gasteiger partial charge on any atom is -0.319 e. The highest BCUT2D eigenvalue weighted by Gasteiger charge is 2.21. The lowest BCUT2D eigenvalue weighted by atomic mass is 9.87. The van der Waals surface area contributed by atoms with Crippen LogP contribution in [0, 0.1) is 5.41 Å². The van der Waals surface area contributed by atoms with Gasteiger partial charge in [0.15, 0.2) is 0 Å². The van der Waals surface area contributed by atoms with Gasteiger partial charge in [0.25, 0.3) is 0 Å². The summed E-state index contributed by atoms with van der Waals surface area (Å²) in [5.41, 5.74) is 0.268. The van der Waals surface area contributed by atoms with Gasteiger partial charge in [0.1, 0.15) is 0 Å². The van der Waals surface area contributed by atoms with Crippen molar-refractivity contribution in [1.82, 2.24) is 4.90 Å². The molecule has 2 nitrogen and oxygen atoms in total. The topological polar surface area (TPSA) is 20.3 Å². The van der Waals surface area contributed by atoms with Crippen molar-refractivity contribution in [2.45, 2.75) is 33.6 Å². The Balaban J connectivity index is 2.60. The molecule has 0 spiro atoms. The number of hydrogen-bond acceptors (Lipinski definition) is 1. The van der Waals surface area contributed by atoms with Crippen molar-refractivity contribution in [3.8, 4) is 0 Å². The van der Waals surface area contributed by atoms with Crippen molar-refractivity contribution in [2.24, 2.45) is 5.41 Å². The number of amides is 1. The minimum absolute atomic E-state index is 0.224. The first-order valence-electron chi connectivity index (χ1n) is 4.54. The van der Waals surface area contributed by atoms with Crippen molar-refractivity contribution in [1.29, 1.82) is 0 Å². The summed E-state index contributed by atoms with van der Waals surface area (Å²) in [6.07, 6.45) is 5.71. The van der Waals surface area contributed by atoms with Crippen LogP contribution in [0.15, 0.2) is 12.3 Å². The third kappa shape index (κ3) is 2.10. The van der Waals surface area contributed by atoms with Crippen LogP contribution >= 0.6 is 0 Å². The van der Waals surface area contributed by atoms with Gasteiger partial charge >= 0.3 is 0 Å². The average Bonchev–Trinajstić information content (AvgIpc) is 2.03. The van der Waals surface area contributed by atoms with E-state index in [-0.39, 0.29) is 11.3 Å². The second kappa shape index (κ2) is 3.30. The second-order valence-corrected chi connectivity index (χ2v) is 4.00. The van der Waals surface area contributed by atoms with Gasteiger partial charge in [0.05, 0.1) is 0 Å². The normalized spacial score (nSPS) is 21.1. The van der Waals surface area contributed by atoms with Gasteiger partial charge in [-0.2, -0.15) is 0 Å². The smallest absolute Gasteiger partial charge is 0.226 e. The van der Waals surface area contributed by atoms with E-state index in [2.05, 4.69) is 19.9 Å². The summed E-state index contributed by atoms with van der Waals surface area (Å²) >= 11 is 0. The summed E-state index contributed by atoms with van der Waals surface area (Å²) in [6.45, 7) is 7.15. The Morgan fingerprint density at radius 3 is 2.67 bits per heavy atom. The van der Waals surface area contributed by atoms with Crippen LogP contribution in [0.4, 0.5) is 0 Å².